The van der Waals surface area contributed by atoms with Crippen LogP contribution in [-0.4, -0.2) is 48.4 Å². The Morgan fingerprint density at radius 2 is 2.16 bits per heavy atom. The lowest BCUT2D eigenvalue weighted by atomic mass is 9.94. The predicted octanol–water partition coefficient (Wildman–Crippen LogP) is 3.27. The van der Waals surface area contributed by atoms with E-state index in [1.807, 2.05) is 31.0 Å². The maximum atomic E-state index is 12.6. The fourth-order valence-corrected chi connectivity index (χ4v) is 3.15. The van der Waals surface area contributed by atoms with Crippen molar-refractivity contribution in [3.63, 3.8) is 0 Å². The second kappa shape index (κ2) is 8.92. The molecule has 1 fully saturated rings. The molecule has 25 heavy (non-hydrogen) atoms. The molecule has 3 amide bonds. The smallest absolute Gasteiger partial charge is 0.317 e. The molecule has 140 valence electrons. The molecule has 0 aromatic carbocycles. The van der Waals surface area contributed by atoms with E-state index in [2.05, 4.69) is 19.2 Å². The summed E-state index contributed by atoms with van der Waals surface area (Å²) >= 11 is 0. The molecule has 1 aliphatic rings. The molecule has 1 aromatic rings. The average molecular weight is 349 g/mol. The molecule has 0 radical (unpaired) electrons. The van der Waals surface area contributed by atoms with Crippen molar-refractivity contribution in [2.75, 3.05) is 26.7 Å². The summed E-state index contributed by atoms with van der Waals surface area (Å²) in [6, 6.07) is 3.62. The van der Waals surface area contributed by atoms with Crippen molar-refractivity contribution in [1.29, 1.82) is 0 Å². The number of likely N-dealkylation sites (tertiary alicyclic amines) is 1. The normalized spacial score (nSPS) is 18.9. The van der Waals surface area contributed by atoms with Gasteiger partial charge in [-0.15, -0.1) is 0 Å². The lowest BCUT2D eigenvalue weighted by Crippen LogP contribution is -2.47. The molecule has 0 aliphatic carbocycles. The zero-order chi connectivity index (χ0) is 18.4. The van der Waals surface area contributed by atoms with E-state index in [9.17, 15) is 9.59 Å². The van der Waals surface area contributed by atoms with E-state index in [1.165, 1.54) is 0 Å². The van der Waals surface area contributed by atoms with Gasteiger partial charge in [0.1, 0.15) is 5.76 Å². The van der Waals surface area contributed by atoms with Gasteiger partial charge in [0.05, 0.1) is 12.3 Å². The molecule has 0 spiro atoms. The number of carbonyl (C=O) groups is 2. The van der Waals surface area contributed by atoms with Crippen molar-refractivity contribution in [2.24, 2.45) is 11.8 Å². The van der Waals surface area contributed by atoms with Gasteiger partial charge in [-0.1, -0.05) is 13.8 Å². The molecule has 1 saturated heterocycles. The zero-order valence-electron chi connectivity index (χ0n) is 15.8. The third-order valence-corrected chi connectivity index (χ3v) is 4.86. The van der Waals surface area contributed by atoms with E-state index >= 15 is 0 Å². The number of nitrogens with zero attached hydrogens (tertiary/aromatic N) is 2. The van der Waals surface area contributed by atoms with Gasteiger partial charge in [-0.2, -0.15) is 0 Å². The summed E-state index contributed by atoms with van der Waals surface area (Å²) in [6.45, 7) is 8.22. The van der Waals surface area contributed by atoms with Crippen molar-refractivity contribution < 1.29 is 14.0 Å². The Balaban J connectivity index is 1.84. The molecular formula is C19H31N3O3. The van der Waals surface area contributed by atoms with Gasteiger partial charge in [0.25, 0.3) is 0 Å². The Morgan fingerprint density at radius 3 is 2.80 bits per heavy atom. The minimum absolute atomic E-state index is 0.0110. The van der Waals surface area contributed by atoms with Crippen LogP contribution in [0.5, 0.6) is 0 Å². The first-order chi connectivity index (χ1) is 11.9. The van der Waals surface area contributed by atoms with Crippen molar-refractivity contribution in [2.45, 2.75) is 46.1 Å². The van der Waals surface area contributed by atoms with E-state index in [1.54, 1.807) is 11.2 Å². The molecule has 1 aromatic heterocycles. The molecule has 0 unspecified atom stereocenters. The summed E-state index contributed by atoms with van der Waals surface area (Å²) in [7, 11) is 1.81. The van der Waals surface area contributed by atoms with Crippen LogP contribution in [0.15, 0.2) is 22.8 Å². The fourth-order valence-electron chi connectivity index (χ4n) is 3.15. The third kappa shape index (κ3) is 5.51. The van der Waals surface area contributed by atoms with Gasteiger partial charge in [0, 0.05) is 33.1 Å². The van der Waals surface area contributed by atoms with E-state index in [-0.39, 0.29) is 23.9 Å². The van der Waals surface area contributed by atoms with Crippen LogP contribution in [0, 0.1) is 11.8 Å². The van der Waals surface area contributed by atoms with Crippen LogP contribution in [0.25, 0.3) is 0 Å². The van der Waals surface area contributed by atoms with Crippen LogP contribution in [0.2, 0.25) is 0 Å². The SMILES string of the molecule is CC(C)CNC(=O)N1CCC[C@H](CC(=O)N(C)[C@H](C)c2ccco2)C1. The van der Waals surface area contributed by atoms with Crippen LogP contribution in [0.3, 0.4) is 0 Å². The van der Waals surface area contributed by atoms with Crippen LogP contribution >= 0.6 is 0 Å². The zero-order valence-corrected chi connectivity index (χ0v) is 15.8. The summed E-state index contributed by atoms with van der Waals surface area (Å²) in [5.41, 5.74) is 0. The minimum Gasteiger partial charge on any atom is -0.467 e. The predicted molar refractivity (Wildman–Crippen MR) is 97.0 cm³/mol. The largest absolute Gasteiger partial charge is 0.467 e. The molecule has 0 saturated carbocycles. The second-order valence-electron chi connectivity index (χ2n) is 7.43. The highest BCUT2D eigenvalue weighted by atomic mass is 16.3. The van der Waals surface area contributed by atoms with E-state index in [4.69, 9.17) is 4.42 Å². The Labute approximate surface area is 150 Å². The summed E-state index contributed by atoms with van der Waals surface area (Å²) in [4.78, 5) is 28.4. The van der Waals surface area contributed by atoms with Gasteiger partial charge >= 0.3 is 6.03 Å². The van der Waals surface area contributed by atoms with Crippen LogP contribution in [-0.2, 0) is 4.79 Å². The van der Waals surface area contributed by atoms with Crippen LogP contribution in [0.4, 0.5) is 4.79 Å². The van der Waals surface area contributed by atoms with Gasteiger partial charge in [-0.05, 0) is 43.7 Å². The van der Waals surface area contributed by atoms with Crippen LogP contribution < -0.4 is 5.32 Å². The number of hydrogen-bond acceptors (Lipinski definition) is 3. The van der Waals surface area contributed by atoms with Gasteiger partial charge in [-0.25, -0.2) is 4.79 Å². The van der Waals surface area contributed by atoms with Crippen molar-refractivity contribution in [3.8, 4) is 0 Å². The van der Waals surface area contributed by atoms with E-state index in [0.29, 0.717) is 25.4 Å². The quantitative estimate of drug-likeness (QED) is 0.857. The van der Waals surface area contributed by atoms with Gasteiger partial charge in [0.2, 0.25) is 5.91 Å². The highest BCUT2D eigenvalue weighted by Gasteiger charge is 2.28. The van der Waals surface area contributed by atoms with E-state index in [0.717, 1.165) is 25.1 Å². The minimum atomic E-state index is -0.0865. The van der Waals surface area contributed by atoms with Crippen molar-refractivity contribution >= 4 is 11.9 Å². The highest BCUT2D eigenvalue weighted by molar-refractivity contribution is 5.77. The fraction of sp³-hybridized carbons (Fsp3) is 0.684. The first-order valence-corrected chi connectivity index (χ1v) is 9.20. The number of furan rings is 1. The molecule has 1 aliphatic heterocycles. The Kier molecular flexibility index (Phi) is 6.91. The lowest BCUT2D eigenvalue weighted by Gasteiger charge is -2.34. The van der Waals surface area contributed by atoms with Gasteiger partial charge < -0.3 is 19.5 Å². The highest BCUT2D eigenvalue weighted by Crippen LogP contribution is 2.24. The maximum Gasteiger partial charge on any atom is 0.317 e. The molecular weight excluding hydrogens is 318 g/mol. The first-order valence-electron chi connectivity index (χ1n) is 9.20. The molecule has 6 heteroatoms. The summed E-state index contributed by atoms with van der Waals surface area (Å²) in [5.74, 6) is 1.53. The number of piperidine rings is 1. The second-order valence-corrected chi connectivity index (χ2v) is 7.43. The first kappa shape index (κ1) is 19.3. The summed E-state index contributed by atoms with van der Waals surface area (Å²) in [6.07, 6.45) is 4.03. The summed E-state index contributed by atoms with van der Waals surface area (Å²) < 4.78 is 5.40. The number of urea groups is 1. The molecule has 1 N–H and O–H groups in total. The Bertz CT molecular complexity index is 556. The number of rotatable bonds is 6. The standard InChI is InChI=1S/C19H31N3O3/c1-14(2)12-20-19(24)22-9-5-7-16(13-22)11-18(23)21(4)15(3)17-8-6-10-25-17/h6,8,10,14-16H,5,7,9,11-13H2,1-4H3,(H,20,24)/t15-,16-/m1/s1. The monoisotopic (exact) mass is 349 g/mol. The molecule has 2 rings (SSSR count). The van der Waals surface area contributed by atoms with Crippen LogP contribution in [0.1, 0.15) is 51.8 Å². The molecule has 2 atom stereocenters. The van der Waals surface area contributed by atoms with Crippen molar-refractivity contribution in [1.82, 2.24) is 15.1 Å². The van der Waals surface area contributed by atoms with Gasteiger partial charge in [-0.3, -0.25) is 4.79 Å². The molecule has 2 heterocycles. The van der Waals surface area contributed by atoms with Crippen molar-refractivity contribution in [3.05, 3.63) is 24.2 Å². The Hall–Kier alpha value is -1.98. The van der Waals surface area contributed by atoms with Gasteiger partial charge in [0.15, 0.2) is 0 Å². The average Bonchev–Trinajstić information content (AvgIpc) is 3.13. The molecule has 6 nitrogen and oxygen atoms in total. The number of nitrogens with one attached hydrogen (secondary N) is 1. The third-order valence-electron chi connectivity index (χ3n) is 4.86. The Morgan fingerprint density at radius 1 is 1.40 bits per heavy atom. The topological polar surface area (TPSA) is 65.8 Å². The lowest BCUT2D eigenvalue weighted by molar-refractivity contribution is -0.133. The number of amides is 3. The van der Waals surface area contributed by atoms with E-state index < -0.39 is 0 Å². The number of hydrogen-bond donors (Lipinski definition) is 1. The maximum absolute atomic E-state index is 12.6. The molecule has 0 bridgehead atoms. The number of carbonyl (C=O) groups excluding carboxylic acids is 2. The summed E-state index contributed by atoms with van der Waals surface area (Å²) in [5, 5.41) is 2.96.